The van der Waals surface area contributed by atoms with E-state index in [0.29, 0.717) is 23.8 Å². The number of para-hydroxylation sites is 1. The third-order valence-electron chi connectivity index (χ3n) is 4.95. The number of carbonyl (C=O) groups excluding carboxylic acids is 2. The van der Waals surface area contributed by atoms with Crippen molar-refractivity contribution in [3.05, 3.63) is 41.2 Å². The van der Waals surface area contributed by atoms with Crippen molar-refractivity contribution in [2.45, 2.75) is 58.4 Å². The third kappa shape index (κ3) is 5.51. The van der Waals surface area contributed by atoms with Gasteiger partial charge >= 0.3 is 7.12 Å². The molecule has 3 rings (SSSR count). The minimum atomic E-state index is -1.12. The van der Waals surface area contributed by atoms with Crippen LogP contribution in [0, 0.1) is 0 Å². The molecule has 2 N–H and O–H groups in total. The summed E-state index contributed by atoms with van der Waals surface area (Å²) in [7, 11) is -1.12. The van der Waals surface area contributed by atoms with Crippen molar-refractivity contribution in [3.8, 4) is 5.75 Å². The van der Waals surface area contributed by atoms with Crippen LogP contribution >= 0.6 is 0 Å². The molecule has 9 heteroatoms. The lowest BCUT2D eigenvalue weighted by molar-refractivity contribution is -0.120. The van der Waals surface area contributed by atoms with E-state index < -0.39 is 7.12 Å². The van der Waals surface area contributed by atoms with Crippen LogP contribution in [0.4, 0.5) is 0 Å². The molecule has 2 aromatic rings. The van der Waals surface area contributed by atoms with Gasteiger partial charge in [0.2, 0.25) is 0 Å². The first-order chi connectivity index (χ1) is 13.8. The average molecular weight is 398 g/mol. The van der Waals surface area contributed by atoms with E-state index in [1.54, 1.807) is 18.3 Å². The highest BCUT2D eigenvalue weighted by Crippen LogP contribution is 2.36. The zero-order chi connectivity index (χ0) is 21.0. The summed E-state index contributed by atoms with van der Waals surface area (Å²) in [5.74, 6) is -0.114. The van der Waals surface area contributed by atoms with Gasteiger partial charge in [0, 0.05) is 37.4 Å². The third-order valence-corrected chi connectivity index (χ3v) is 4.95. The highest BCUT2D eigenvalue weighted by atomic mass is 16.5. The molecule has 1 aliphatic heterocycles. The lowest BCUT2D eigenvalue weighted by Gasteiger charge is -2.28. The molecule has 0 spiro atoms. The molecule has 1 aromatic heterocycles. The van der Waals surface area contributed by atoms with Gasteiger partial charge < -0.3 is 15.0 Å². The quantitative estimate of drug-likeness (QED) is 0.487. The summed E-state index contributed by atoms with van der Waals surface area (Å²) in [5, 5.41) is 21.8. The molecule has 154 valence electrons. The molecule has 0 saturated heterocycles. The highest BCUT2D eigenvalue weighted by molar-refractivity contribution is 6.47. The molecule has 1 aromatic carbocycles. The number of Topliss-reactive ketones (excluding diaryl/α,β-unsaturated/α-hetero) is 2. The number of carbonyl (C=O) groups is 2. The standard InChI is InChI=1S/C20H27BN4O4/c1-13(2)22-8-7-17-11-25(24-23-17)12-18(27)10-16-9-15-5-4-6-19(14(3)26)20(15)29-21(16)28/h4-6,11,13,16,22,28H,7-10,12H2,1-3H3/t16-/m1/s1. The zero-order valence-corrected chi connectivity index (χ0v) is 17.1. The Morgan fingerprint density at radius 1 is 1.41 bits per heavy atom. The molecular formula is C20H27BN4O4. The summed E-state index contributed by atoms with van der Waals surface area (Å²) >= 11 is 0. The molecule has 0 unspecified atom stereocenters. The molecule has 2 heterocycles. The van der Waals surface area contributed by atoms with Crippen molar-refractivity contribution < 1.29 is 19.3 Å². The maximum Gasteiger partial charge on any atom is 0.526 e. The first kappa shape index (κ1) is 21.2. The van der Waals surface area contributed by atoms with Gasteiger partial charge in [0.25, 0.3) is 0 Å². The number of hydrogen-bond acceptors (Lipinski definition) is 7. The fourth-order valence-corrected chi connectivity index (χ4v) is 3.49. The van der Waals surface area contributed by atoms with Crippen molar-refractivity contribution >= 4 is 18.7 Å². The number of benzene rings is 1. The average Bonchev–Trinajstić information content (AvgIpc) is 3.08. The Labute approximate surface area is 170 Å². The van der Waals surface area contributed by atoms with E-state index in [9.17, 15) is 14.6 Å². The number of nitrogens with zero attached hydrogens (tertiary/aromatic N) is 3. The molecule has 29 heavy (non-hydrogen) atoms. The van der Waals surface area contributed by atoms with Gasteiger partial charge in [-0.05, 0) is 25.0 Å². The maximum atomic E-state index is 12.5. The van der Waals surface area contributed by atoms with Gasteiger partial charge in [-0.25, -0.2) is 4.68 Å². The van der Waals surface area contributed by atoms with Crippen molar-refractivity contribution in [2.24, 2.45) is 0 Å². The van der Waals surface area contributed by atoms with E-state index >= 15 is 0 Å². The van der Waals surface area contributed by atoms with Crippen LogP contribution in [-0.2, 0) is 24.2 Å². The molecular weight excluding hydrogens is 371 g/mol. The van der Waals surface area contributed by atoms with Gasteiger partial charge in [0.15, 0.2) is 11.6 Å². The molecule has 8 nitrogen and oxygen atoms in total. The predicted octanol–water partition coefficient (Wildman–Crippen LogP) is 1.47. The van der Waals surface area contributed by atoms with Crippen LogP contribution in [0.3, 0.4) is 0 Å². The largest absolute Gasteiger partial charge is 0.535 e. The molecule has 1 aliphatic rings. The number of rotatable bonds is 9. The lowest BCUT2D eigenvalue weighted by Crippen LogP contribution is -2.36. The van der Waals surface area contributed by atoms with Crippen molar-refractivity contribution in [1.82, 2.24) is 20.3 Å². The van der Waals surface area contributed by atoms with Gasteiger partial charge in [-0.15, -0.1) is 5.10 Å². The molecule has 0 radical (unpaired) electrons. The minimum absolute atomic E-state index is 0.0550. The fraction of sp³-hybridized carbons (Fsp3) is 0.500. The van der Waals surface area contributed by atoms with Crippen LogP contribution in [0.1, 0.15) is 48.8 Å². The number of aromatic nitrogens is 3. The van der Waals surface area contributed by atoms with Crippen LogP contribution in [0.15, 0.2) is 24.4 Å². The molecule has 0 saturated carbocycles. The topological polar surface area (TPSA) is 106 Å². The van der Waals surface area contributed by atoms with E-state index in [4.69, 9.17) is 4.65 Å². The van der Waals surface area contributed by atoms with Crippen molar-refractivity contribution in [2.75, 3.05) is 6.54 Å². The second-order valence-electron chi connectivity index (χ2n) is 7.83. The van der Waals surface area contributed by atoms with E-state index in [0.717, 1.165) is 24.2 Å². The normalized spacial score (nSPS) is 15.9. The SMILES string of the molecule is CC(=O)c1cccc2c1OB(O)[C@@H](CC(=O)Cn1cc(CCNC(C)C)nn1)C2. The number of nitrogens with one attached hydrogen (secondary N) is 1. The number of fused-ring (bicyclic) bond motifs is 1. The first-order valence-corrected chi connectivity index (χ1v) is 9.95. The molecule has 0 fully saturated rings. The van der Waals surface area contributed by atoms with Crippen LogP contribution in [0.2, 0.25) is 5.82 Å². The van der Waals surface area contributed by atoms with Crippen LogP contribution in [0.25, 0.3) is 0 Å². The first-order valence-electron chi connectivity index (χ1n) is 9.95. The molecule has 0 aliphatic carbocycles. The van der Waals surface area contributed by atoms with Gasteiger partial charge in [-0.1, -0.05) is 31.2 Å². The van der Waals surface area contributed by atoms with Gasteiger partial charge in [0.05, 0.1) is 11.3 Å². The Hall–Kier alpha value is -2.52. The molecule has 0 bridgehead atoms. The summed E-state index contributed by atoms with van der Waals surface area (Å²) in [6.45, 7) is 6.54. The van der Waals surface area contributed by atoms with Crippen LogP contribution in [-0.4, -0.2) is 51.3 Å². The number of hydrogen-bond donors (Lipinski definition) is 2. The van der Waals surface area contributed by atoms with E-state index in [1.165, 1.54) is 11.6 Å². The Bertz CT molecular complexity index is 883. The summed E-state index contributed by atoms with van der Waals surface area (Å²) in [4.78, 5) is 24.3. The second kappa shape index (κ2) is 9.32. The predicted molar refractivity (Wildman–Crippen MR) is 109 cm³/mol. The van der Waals surface area contributed by atoms with Crippen LogP contribution < -0.4 is 9.97 Å². The summed E-state index contributed by atoms with van der Waals surface area (Å²) in [6.07, 6.45) is 3.17. The van der Waals surface area contributed by atoms with Gasteiger partial charge in [-0.2, -0.15) is 0 Å². The smallest absolute Gasteiger partial charge is 0.526 e. The Morgan fingerprint density at radius 3 is 2.93 bits per heavy atom. The monoisotopic (exact) mass is 398 g/mol. The Morgan fingerprint density at radius 2 is 2.21 bits per heavy atom. The Balaban J connectivity index is 1.57. The van der Waals surface area contributed by atoms with Gasteiger partial charge in [-0.3, -0.25) is 9.59 Å². The number of ketones is 2. The maximum absolute atomic E-state index is 12.5. The lowest BCUT2D eigenvalue weighted by atomic mass is 9.64. The van der Waals surface area contributed by atoms with Crippen molar-refractivity contribution in [3.63, 3.8) is 0 Å². The Kier molecular flexibility index (Phi) is 6.81. The second-order valence-corrected chi connectivity index (χ2v) is 7.83. The summed E-state index contributed by atoms with van der Waals surface area (Å²) in [6, 6.07) is 5.74. The summed E-state index contributed by atoms with van der Waals surface area (Å²) < 4.78 is 7.13. The van der Waals surface area contributed by atoms with Crippen molar-refractivity contribution in [1.29, 1.82) is 0 Å². The van der Waals surface area contributed by atoms with Crippen LogP contribution in [0.5, 0.6) is 5.75 Å². The fourth-order valence-electron chi connectivity index (χ4n) is 3.49. The minimum Gasteiger partial charge on any atom is -0.535 e. The molecule has 1 atom stereocenters. The van der Waals surface area contributed by atoms with E-state index in [1.807, 2.05) is 6.07 Å². The zero-order valence-electron chi connectivity index (χ0n) is 17.1. The highest BCUT2D eigenvalue weighted by Gasteiger charge is 2.37. The van der Waals surface area contributed by atoms with E-state index in [-0.39, 0.29) is 30.3 Å². The van der Waals surface area contributed by atoms with E-state index in [2.05, 4.69) is 29.5 Å². The molecule has 0 amide bonds. The summed E-state index contributed by atoms with van der Waals surface area (Å²) in [5.41, 5.74) is 2.12. The van der Waals surface area contributed by atoms with Gasteiger partial charge in [0.1, 0.15) is 12.3 Å².